The van der Waals surface area contributed by atoms with E-state index in [2.05, 4.69) is 17.6 Å². The summed E-state index contributed by atoms with van der Waals surface area (Å²) in [5.41, 5.74) is 2.70. The van der Waals surface area contributed by atoms with Gasteiger partial charge in [0.25, 0.3) is 5.91 Å². The van der Waals surface area contributed by atoms with Crippen LogP contribution in [0.25, 0.3) is 0 Å². The van der Waals surface area contributed by atoms with Crippen molar-refractivity contribution in [2.45, 2.75) is 26.2 Å². The first kappa shape index (κ1) is 21.1. The molecule has 5 nitrogen and oxygen atoms in total. The molecule has 30 heavy (non-hydrogen) atoms. The van der Waals surface area contributed by atoms with E-state index < -0.39 is 0 Å². The lowest BCUT2D eigenvalue weighted by Gasteiger charge is -2.10. The second-order valence-electron chi connectivity index (χ2n) is 6.98. The molecule has 0 atom stereocenters. The first-order valence-electron chi connectivity index (χ1n) is 10.1. The van der Waals surface area contributed by atoms with E-state index in [1.807, 2.05) is 36.4 Å². The average molecular weight is 402 g/mol. The normalized spacial score (nSPS) is 10.3. The Morgan fingerprint density at radius 2 is 1.57 bits per heavy atom. The second-order valence-corrected chi connectivity index (χ2v) is 6.98. The molecule has 0 heterocycles. The molecule has 5 heteroatoms. The summed E-state index contributed by atoms with van der Waals surface area (Å²) in [6.07, 6.45) is 2.32. The number of benzene rings is 3. The van der Waals surface area contributed by atoms with Crippen LogP contribution in [0, 0.1) is 0 Å². The largest absolute Gasteiger partial charge is 0.494 e. The number of nitrogens with one attached hydrogen (secondary N) is 2. The zero-order valence-corrected chi connectivity index (χ0v) is 17.1. The molecule has 2 N–H and O–H groups in total. The van der Waals surface area contributed by atoms with Gasteiger partial charge in [-0.15, -0.1) is 0 Å². The summed E-state index contributed by atoms with van der Waals surface area (Å²) >= 11 is 0. The number of amides is 2. The van der Waals surface area contributed by atoms with Gasteiger partial charge in [0.15, 0.2) is 0 Å². The van der Waals surface area contributed by atoms with Gasteiger partial charge in [0.1, 0.15) is 5.75 Å². The molecule has 154 valence electrons. The van der Waals surface area contributed by atoms with Crippen LogP contribution in [-0.2, 0) is 11.2 Å². The molecule has 3 aromatic carbocycles. The van der Waals surface area contributed by atoms with Gasteiger partial charge in [-0.1, -0.05) is 55.8 Å². The third kappa shape index (κ3) is 6.48. The Balaban J connectivity index is 1.60. The summed E-state index contributed by atoms with van der Waals surface area (Å²) in [6, 6.07) is 23.8. The Labute approximate surface area is 177 Å². The van der Waals surface area contributed by atoms with Crippen molar-refractivity contribution in [3.8, 4) is 5.75 Å². The van der Waals surface area contributed by atoms with Gasteiger partial charge in [0, 0.05) is 16.9 Å². The van der Waals surface area contributed by atoms with Crippen molar-refractivity contribution < 1.29 is 14.3 Å². The van der Waals surface area contributed by atoms with Gasteiger partial charge in [-0.25, -0.2) is 0 Å². The molecular weight excluding hydrogens is 376 g/mol. The number of ether oxygens (including phenoxy) is 1. The number of carbonyl (C=O) groups is 2. The number of carbonyl (C=O) groups excluding carboxylic acids is 2. The summed E-state index contributed by atoms with van der Waals surface area (Å²) in [5, 5.41) is 5.74. The fourth-order valence-corrected chi connectivity index (χ4v) is 2.93. The highest BCUT2D eigenvalue weighted by Gasteiger charge is 2.09. The fraction of sp³-hybridized carbons (Fsp3) is 0.200. The summed E-state index contributed by atoms with van der Waals surface area (Å²) < 4.78 is 5.67. The summed E-state index contributed by atoms with van der Waals surface area (Å²) in [4.78, 5) is 24.9. The first-order chi connectivity index (χ1) is 14.6. The maximum absolute atomic E-state index is 12.6. The topological polar surface area (TPSA) is 67.4 Å². The smallest absolute Gasteiger partial charge is 0.255 e. The summed E-state index contributed by atoms with van der Waals surface area (Å²) in [5.74, 6) is 0.336. The molecule has 0 aliphatic heterocycles. The Hall–Kier alpha value is -3.60. The molecule has 0 fully saturated rings. The second kappa shape index (κ2) is 10.8. The van der Waals surface area contributed by atoms with Gasteiger partial charge in [-0.05, 0) is 48.4 Å². The van der Waals surface area contributed by atoms with Gasteiger partial charge < -0.3 is 15.4 Å². The Kier molecular flexibility index (Phi) is 7.61. The molecule has 3 aromatic rings. The third-order valence-electron chi connectivity index (χ3n) is 4.47. The highest BCUT2D eigenvalue weighted by molar-refractivity contribution is 6.05. The molecular formula is C25H26N2O3. The third-order valence-corrected chi connectivity index (χ3v) is 4.47. The zero-order valence-electron chi connectivity index (χ0n) is 17.1. The van der Waals surface area contributed by atoms with Gasteiger partial charge in [0.05, 0.1) is 13.0 Å². The van der Waals surface area contributed by atoms with Crippen molar-refractivity contribution in [2.24, 2.45) is 0 Å². The lowest BCUT2D eigenvalue weighted by Crippen LogP contribution is -2.15. The van der Waals surface area contributed by atoms with Gasteiger partial charge in [-0.3, -0.25) is 9.59 Å². The Bertz CT molecular complexity index is 986. The van der Waals surface area contributed by atoms with E-state index in [4.69, 9.17) is 4.74 Å². The predicted molar refractivity (Wildman–Crippen MR) is 120 cm³/mol. The maximum Gasteiger partial charge on any atom is 0.255 e. The molecule has 0 radical (unpaired) electrons. The first-order valence-corrected chi connectivity index (χ1v) is 10.1. The molecule has 0 aromatic heterocycles. The van der Waals surface area contributed by atoms with Crippen LogP contribution in [-0.4, -0.2) is 18.4 Å². The van der Waals surface area contributed by atoms with Crippen molar-refractivity contribution in [3.05, 3.63) is 90.0 Å². The van der Waals surface area contributed by atoms with Crippen LogP contribution in [0.5, 0.6) is 5.75 Å². The number of unbranched alkanes of at least 4 members (excludes halogenated alkanes) is 1. The summed E-state index contributed by atoms with van der Waals surface area (Å²) in [6.45, 7) is 2.73. The van der Waals surface area contributed by atoms with E-state index in [1.54, 1.807) is 42.5 Å². The molecule has 0 bridgehead atoms. The number of hydrogen-bond donors (Lipinski definition) is 2. The lowest BCUT2D eigenvalue weighted by atomic mass is 10.1. The number of rotatable bonds is 9. The maximum atomic E-state index is 12.6. The van der Waals surface area contributed by atoms with Crippen molar-refractivity contribution in [2.75, 3.05) is 17.2 Å². The van der Waals surface area contributed by atoms with E-state index in [0.717, 1.165) is 18.4 Å². The monoisotopic (exact) mass is 402 g/mol. The van der Waals surface area contributed by atoms with E-state index in [-0.39, 0.29) is 11.8 Å². The Morgan fingerprint density at radius 1 is 0.833 bits per heavy atom. The highest BCUT2D eigenvalue weighted by atomic mass is 16.5. The van der Waals surface area contributed by atoms with Crippen LogP contribution >= 0.6 is 0 Å². The zero-order chi connectivity index (χ0) is 21.2. The molecule has 2 amide bonds. The van der Waals surface area contributed by atoms with Gasteiger partial charge >= 0.3 is 0 Å². The SMILES string of the molecule is CCCCOc1cccc(C(=O)Nc2cccc(NC(=O)Cc3ccccc3)c2)c1. The number of hydrogen-bond acceptors (Lipinski definition) is 3. The molecule has 0 saturated carbocycles. The molecule has 0 spiro atoms. The van der Waals surface area contributed by atoms with Gasteiger partial charge in [-0.2, -0.15) is 0 Å². The predicted octanol–water partition coefficient (Wildman–Crippen LogP) is 5.30. The van der Waals surface area contributed by atoms with E-state index in [9.17, 15) is 9.59 Å². The number of anilines is 2. The molecule has 0 unspecified atom stereocenters. The van der Waals surface area contributed by atoms with Gasteiger partial charge in [0.2, 0.25) is 5.91 Å². The van der Waals surface area contributed by atoms with E-state index >= 15 is 0 Å². The fourth-order valence-electron chi connectivity index (χ4n) is 2.93. The molecule has 0 aliphatic rings. The van der Waals surface area contributed by atoms with Crippen LogP contribution in [0.4, 0.5) is 11.4 Å². The highest BCUT2D eigenvalue weighted by Crippen LogP contribution is 2.19. The van der Waals surface area contributed by atoms with Crippen molar-refractivity contribution in [3.63, 3.8) is 0 Å². The van der Waals surface area contributed by atoms with Crippen LogP contribution < -0.4 is 15.4 Å². The average Bonchev–Trinajstić information content (AvgIpc) is 2.75. The van der Waals surface area contributed by atoms with Crippen molar-refractivity contribution >= 4 is 23.2 Å². The molecule has 0 saturated heterocycles. The minimum absolute atomic E-state index is 0.110. The lowest BCUT2D eigenvalue weighted by molar-refractivity contribution is -0.115. The minimum Gasteiger partial charge on any atom is -0.494 e. The van der Waals surface area contributed by atoms with Crippen molar-refractivity contribution in [1.82, 2.24) is 0 Å². The standard InChI is InChI=1S/C25H26N2O3/c1-2-3-15-30-23-14-7-11-20(17-23)25(29)27-22-13-8-12-21(18-22)26-24(28)16-19-9-5-4-6-10-19/h4-14,17-18H,2-3,15-16H2,1H3,(H,26,28)(H,27,29). The summed E-state index contributed by atoms with van der Waals surface area (Å²) in [7, 11) is 0. The van der Waals surface area contributed by atoms with Crippen LogP contribution in [0.3, 0.4) is 0 Å². The quantitative estimate of drug-likeness (QED) is 0.477. The minimum atomic E-state index is -0.233. The van der Waals surface area contributed by atoms with Crippen LogP contribution in [0.2, 0.25) is 0 Å². The molecule has 0 aliphatic carbocycles. The Morgan fingerprint density at radius 3 is 2.33 bits per heavy atom. The van der Waals surface area contributed by atoms with Crippen LogP contribution in [0.1, 0.15) is 35.7 Å². The van der Waals surface area contributed by atoms with E-state index in [0.29, 0.717) is 35.7 Å². The van der Waals surface area contributed by atoms with Crippen LogP contribution in [0.15, 0.2) is 78.9 Å². The molecule has 3 rings (SSSR count). The van der Waals surface area contributed by atoms with Crippen molar-refractivity contribution in [1.29, 1.82) is 0 Å². The van der Waals surface area contributed by atoms with E-state index in [1.165, 1.54) is 0 Å².